The van der Waals surface area contributed by atoms with Crippen LogP contribution < -0.4 is 4.90 Å². The molecule has 1 heterocycles. The Morgan fingerprint density at radius 3 is 2.44 bits per heavy atom. The monoisotopic (exact) mass is 217 g/mol. The number of benzene rings is 1. The molecule has 0 amide bonds. The van der Waals surface area contributed by atoms with Crippen molar-refractivity contribution in [3.63, 3.8) is 0 Å². The van der Waals surface area contributed by atoms with Crippen LogP contribution in [0.5, 0.6) is 0 Å². The Bertz CT molecular complexity index is 365. The Balaban J connectivity index is 2.25. The van der Waals surface area contributed by atoms with Crippen molar-refractivity contribution in [3.05, 3.63) is 29.8 Å². The number of piperidine rings is 1. The summed E-state index contributed by atoms with van der Waals surface area (Å²) in [6.07, 6.45) is 2.25. The Labute approximate surface area is 97.3 Å². The summed E-state index contributed by atoms with van der Waals surface area (Å²) < 4.78 is 0. The number of aldehydes is 1. The smallest absolute Gasteiger partial charge is 0.152 e. The first-order valence-corrected chi connectivity index (χ1v) is 6.00. The molecule has 1 fully saturated rings. The number of anilines is 1. The van der Waals surface area contributed by atoms with E-state index in [-0.39, 0.29) is 0 Å². The number of hydrogen-bond donors (Lipinski definition) is 0. The van der Waals surface area contributed by atoms with Gasteiger partial charge in [0.25, 0.3) is 0 Å². The van der Waals surface area contributed by atoms with Crippen molar-refractivity contribution in [2.24, 2.45) is 11.8 Å². The highest BCUT2D eigenvalue weighted by atomic mass is 16.1. The van der Waals surface area contributed by atoms with Crippen molar-refractivity contribution in [3.8, 4) is 0 Å². The maximum absolute atomic E-state index is 11.0. The minimum atomic E-state index is 0.712. The first-order valence-electron chi connectivity index (χ1n) is 6.00. The van der Waals surface area contributed by atoms with Crippen molar-refractivity contribution in [2.45, 2.75) is 20.3 Å². The van der Waals surface area contributed by atoms with Gasteiger partial charge in [-0.3, -0.25) is 4.79 Å². The first-order chi connectivity index (χ1) is 7.70. The van der Waals surface area contributed by atoms with Gasteiger partial charge < -0.3 is 4.90 Å². The van der Waals surface area contributed by atoms with Crippen LogP contribution in [-0.4, -0.2) is 19.4 Å². The molecule has 1 saturated heterocycles. The molecule has 0 N–H and O–H groups in total. The second kappa shape index (κ2) is 4.69. The number of para-hydroxylation sites is 1. The van der Waals surface area contributed by atoms with Gasteiger partial charge in [-0.05, 0) is 30.4 Å². The second-order valence-corrected chi connectivity index (χ2v) is 5.03. The zero-order valence-electron chi connectivity index (χ0n) is 10.0. The Kier molecular flexibility index (Phi) is 3.28. The average Bonchev–Trinajstić information content (AvgIpc) is 2.27. The van der Waals surface area contributed by atoms with Gasteiger partial charge in [0.1, 0.15) is 0 Å². The van der Waals surface area contributed by atoms with Gasteiger partial charge in [-0.25, -0.2) is 0 Å². The van der Waals surface area contributed by atoms with Gasteiger partial charge in [0.15, 0.2) is 6.29 Å². The van der Waals surface area contributed by atoms with Crippen LogP contribution in [0.15, 0.2) is 24.3 Å². The number of hydrogen-bond acceptors (Lipinski definition) is 2. The highest BCUT2D eigenvalue weighted by Gasteiger charge is 2.23. The predicted molar refractivity (Wildman–Crippen MR) is 67.0 cm³/mol. The van der Waals surface area contributed by atoms with Crippen LogP contribution in [0, 0.1) is 11.8 Å². The fourth-order valence-corrected chi connectivity index (χ4v) is 2.73. The lowest BCUT2D eigenvalue weighted by atomic mass is 9.91. The van der Waals surface area contributed by atoms with E-state index in [1.807, 2.05) is 18.2 Å². The average molecular weight is 217 g/mol. The molecule has 0 aromatic heterocycles. The number of rotatable bonds is 2. The summed E-state index contributed by atoms with van der Waals surface area (Å²) in [7, 11) is 0. The Morgan fingerprint density at radius 2 is 1.81 bits per heavy atom. The van der Waals surface area contributed by atoms with E-state index in [9.17, 15) is 4.79 Å². The molecule has 2 nitrogen and oxygen atoms in total. The van der Waals surface area contributed by atoms with Crippen LogP contribution in [0.2, 0.25) is 0 Å². The SMILES string of the molecule is CC1CC(C)CN(c2ccccc2C=O)C1. The maximum Gasteiger partial charge on any atom is 0.152 e. The molecule has 1 aliphatic heterocycles. The number of nitrogens with zero attached hydrogens (tertiary/aromatic N) is 1. The van der Waals surface area contributed by atoms with E-state index in [1.165, 1.54) is 6.42 Å². The maximum atomic E-state index is 11.0. The van der Waals surface area contributed by atoms with Crippen molar-refractivity contribution in [2.75, 3.05) is 18.0 Å². The standard InChI is InChI=1S/C14H19NO/c1-11-7-12(2)9-15(8-11)14-6-4-3-5-13(14)10-16/h3-6,10-12H,7-9H2,1-2H3. The first kappa shape index (κ1) is 11.2. The summed E-state index contributed by atoms with van der Waals surface area (Å²) in [5, 5.41) is 0. The van der Waals surface area contributed by atoms with E-state index >= 15 is 0 Å². The van der Waals surface area contributed by atoms with E-state index in [0.29, 0.717) is 11.8 Å². The highest BCUT2D eigenvalue weighted by molar-refractivity contribution is 5.84. The van der Waals surface area contributed by atoms with Crippen LogP contribution in [0.3, 0.4) is 0 Å². The van der Waals surface area contributed by atoms with Gasteiger partial charge in [0.05, 0.1) is 0 Å². The van der Waals surface area contributed by atoms with Crippen molar-refractivity contribution < 1.29 is 4.79 Å². The summed E-state index contributed by atoms with van der Waals surface area (Å²) in [6.45, 7) is 6.70. The number of carbonyl (C=O) groups excluding carboxylic acids is 1. The molecule has 2 rings (SSSR count). The molecule has 0 spiro atoms. The Morgan fingerprint density at radius 1 is 1.19 bits per heavy atom. The quantitative estimate of drug-likeness (QED) is 0.710. The van der Waals surface area contributed by atoms with Gasteiger partial charge in [0.2, 0.25) is 0 Å². The molecule has 1 aromatic rings. The van der Waals surface area contributed by atoms with Crippen molar-refractivity contribution in [1.82, 2.24) is 0 Å². The molecule has 86 valence electrons. The van der Waals surface area contributed by atoms with Gasteiger partial charge >= 0.3 is 0 Å². The largest absolute Gasteiger partial charge is 0.370 e. The molecule has 2 unspecified atom stereocenters. The van der Waals surface area contributed by atoms with E-state index in [0.717, 1.165) is 30.6 Å². The summed E-state index contributed by atoms with van der Waals surface area (Å²) >= 11 is 0. The highest BCUT2D eigenvalue weighted by Crippen LogP contribution is 2.27. The normalized spacial score (nSPS) is 25.5. The van der Waals surface area contributed by atoms with Gasteiger partial charge in [0, 0.05) is 24.3 Å². The third kappa shape index (κ3) is 2.26. The molecule has 0 radical (unpaired) electrons. The molecule has 2 atom stereocenters. The minimum absolute atomic E-state index is 0.712. The minimum Gasteiger partial charge on any atom is -0.370 e. The second-order valence-electron chi connectivity index (χ2n) is 5.03. The Hall–Kier alpha value is -1.31. The fourth-order valence-electron chi connectivity index (χ4n) is 2.73. The molecular formula is C14H19NO. The zero-order valence-corrected chi connectivity index (χ0v) is 10.0. The molecule has 0 bridgehead atoms. The van der Waals surface area contributed by atoms with E-state index < -0.39 is 0 Å². The zero-order chi connectivity index (χ0) is 11.5. The van der Waals surface area contributed by atoms with Crippen LogP contribution in [-0.2, 0) is 0 Å². The van der Waals surface area contributed by atoms with E-state index in [1.54, 1.807) is 0 Å². The topological polar surface area (TPSA) is 20.3 Å². The summed E-state index contributed by atoms with van der Waals surface area (Å²) in [4.78, 5) is 13.4. The fraction of sp³-hybridized carbons (Fsp3) is 0.500. The lowest BCUT2D eigenvalue weighted by molar-refractivity contribution is 0.112. The van der Waals surface area contributed by atoms with Gasteiger partial charge in [-0.2, -0.15) is 0 Å². The summed E-state index contributed by atoms with van der Waals surface area (Å²) in [6, 6.07) is 7.87. The predicted octanol–water partition coefficient (Wildman–Crippen LogP) is 2.98. The van der Waals surface area contributed by atoms with Crippen molar-refractivity contribution in [1.29, 1.82) is 0 Å². The van der Waals surface area contributed by atoms with Gasteiger partial charge in [-0.15, -0.1) is 0 Å². The van der Waals surface area contributed by atoms with Crippen LogP contribution in [0.25, 0.3) is 0 Å². The van der Waals surface area contributed by atoms with E-state index in [2.05, 4.69) is 24.8 Å². The number of carbonyl (C=O) groups is 1. The van der Waals surface area contributed by atoms with Crippen molar-refractivity contribution >= 4 is 12.0 Å². The third-order valence-corrected chi connectivity index (χ3v) is 3.27. The van der Waals surface area contributed by atoms with Crippen LogP contribution in [0.4, 0.5) is 5.69 Å². The molecule has 16 heavy (non-hydrogen) atoms. The molecule has 0 aliphatic carbocycles. The lowest BCUT2D eigenvalue weighted by Gasteiger charge is -2.37. The van der Waals surface area contributed by atoms with Crippen LogP contribution >= 0.6 is 0 Å². The summed E-state index contributed by atoms with van der Waals surface area (Å²) in [5.74, 6) is 1.42. The molecule has 1 aliphatic rings. The molecule has 1 aromatic carbocycles. The third-order valence-electron chi connectivity index (χ3n) is 3.27. The molecule has 2 heteroatoms. The van der Waals surface area contributed by atoms with Gasteiger partial charge in [-0.1, -0.05) is 26.0 Å². The lowest BCUT2D eigenvalue weighted by Crippen LogP contribution is -2.39. The molecule has 0 saturated carbocycles. The van der Waals surface area contributed by atoms with Crippen LogP contribution in [0.1, 0.15) is 30.6 Å². The molecular weight excluding hydrogens is 198 g/mol. The summed E-state index contributed by atoms with van der Waals surface area (Å²) in [5.41, 5.74) is 1.90. The van der Waals surface area contributed by atoms with E-state index in [4.69, 9.17) is 0 Å².